The number of carboxylic acid groups (broad SMARTS) is 1. The average Bonchev–Trinajstić information content (AvgIpc) is 3.18. The van der Waals surface area contributed by atoms with Crippen molar-refractivity contribution < 1.29 is 19.8 Å². The number of likely N-dealkylation sites (tertiary alicyclic amines) is 1. The highest BCUT2D eigenvalue weighted by molar-refractivity contribution is 5.94. The Morgan fingerprint density at radius 3 is 2.53 bits per heavy atom. The number of carboxylic acids is 1. The van der Waals surface area contributed by atoms with Crippen LogP contribution in [0.1, 0.15) is 44.2 Å². The quantitative estimate of drug-likeness (QED) is 0.225. The Kier molecular flexibility index (Phi) is 8.76. The van der Waals surface area contributed by atoms with E-state index in [1.807, 2.05) is 26.0 Å². The van der Waals surface area contributed by atoms with Gasteiger partial charge in [0.05, 0.1) is 12.6 Å². The topological polar surface area (TPSA) is 152 Å². The van der Waals surface area contributed by atoms with Gasteiger partial charge in [0.1, 0.15) is 12.1 Å². The second kappa shape index (κ2) is 11.1. The summed E-state index contributed by atoms with van der Waals surface area (Å²) in [7, 11) is 0. The Labute approximate surface area is 177 Å². The van der Waals surface area contributed by atoms with Crippen molar-refractivity contribution in [1.29, 1.82) is 5.41 Å². The fourth-order valence-corrected chi connectivity index (χ4v) is 3.76. The summed E-state index contributed by atoms with van der Waals surface area (Å²) in [6, 6.07) is 6.20. The lowest BCUT2D eigenvalue weighted by molar-refractivity contribution is -0.137. The van der Waals surface area contributed by atoms with Crippen LogP contribution in [0.25, 0.3) is 0 Å². The minimum absolute atomic E-state index is 0.00590. The van der Waals surface area contributed by atoms with Crippen molar-refractivity contribution in [3.63, 3.8) is 0 Å². The van der Waals surface area contributed by atoms with E-state index < -0.39 is 24.3 Å². The van der Waals surface area contributed by atoms with Crippen molar-refractivity contribution in [3.05, 3.63) is 35.4 Å². The molecule has 0 aromatic heterocycles. The van der Waals surface area contributed by atoms with Crippen LogP contribution in [-0.4, -0.2) is 64.2 Å². The first-order valence-electron chi connectivity index (χ1n) is 10.3. The Balaban J connectivity index is 1.98. The summed E-state index contributed by atoms with van der Waals surface area (Å²) in [4.78, 5) is 25.5. The summed E-state index contributed by atoms with van der Waals surface area (Å²) in [5, 5.41) is 33.1. The lowest BCUT2D eigenvalue weighted by Gasteiger charge is -2.35. The SMILES string of the molecule is CC(C)C[C@@H](NCC(=O)O)C(O)N1CCC[C@H]1C(=O)NCc1ccc(C(=N)N)cc1. The maximum Gasteiger partial charge on any atom is 0.317 e. The number of rotatable bonds is 11. The van der Waals surface area contributed by atoms with E-state index in [1.54, 1.807) is 17.0 Å². The van der Waals surface area contributed by atoms with Gasteiger partial charge in [0.15, 0.2) is 0 Å². The molecule has 166 valence electrons. The van der Waals surface area contributed by atoms with E-state index in [-0.39, 0.29) is 24.2 Å². The number of nitrogens with zero attached hydrogens (tertiary/aromatic N) is 1. The normalized spacial score (nSPS) is 18.9. The number of benzene rings is 1. The predicted molar refractivity (Wildman–Crippen MR) is 114 cm³/mol. The van der Waals surface area contributed by atoms with Gasteiger partial charge in [-0.3, -0.25) is 19.9 Å². The summed E-state index contributed by atoms with van der Waals surface area (Å²) >= 11 is 0. The molecule has 1 aliphatic rings. The zero-order valence-corrected chi connectivity index (χ0v) is 17.6. The lowest BCUT2D eigenvalue weighted by atomic mass is 10.0. The van der Waals surface area contributed by atoms with E-state index in [4.69, 9.17) is 16.2 Å². The van der Waals surface area contributed by atoms with Crippen molar-refractivity contribution in [2.75, 3.05) is 13.1 Å². The van der Waals surface area contributed by atoms with Crippen molar-refractivity contribution in [2.24, 2.45) is 11.7 Å². The second-order valence-corrected chi connectivity index (χ2v) is 8.15. The number of aliphatic carboxylic acids is 1. The Morgan fingerprint density at radius 2 is 1.97 bits per heavy atom. The van der Waals surface area contributed by atoms with Crippen molar-refractivity contribution in [3.8, 4) is 0 Å². The number of carbonyl (C=O) groups is 2. The molecule has 0 spiro atoms. The van der Waals surface area contributed by atoms with Crippen LogP contribution in [0.5, 0.6) is 0 Å². The van der Waals surface area contributed by atoms with Gasteiger partial charge in [-0.05, 0) is 30.7 Å². The lowest BCUT2D eigenvalue weighted by Crippen LogP contribution is -2.56. The van der Waals surface area contributed by atoms with Crippen molar-refractivity contribution in [1.82, 2.24) is 15.5 Å². The van der Waals surface area contributed by atoms with Crippen LogP contribution in [0.3, 0.4) is 0 Å². The van der Waals surface area contributed by atoms with Gasteiger partial charge in [-0.25, -0.2) is 0 Å². The largest absolute Gasteiger partial charge is 0.480 e. The molecule has 0 radical (unpaired) electrons. The Hall–Kier alpha value is -2.49. The van der Waals surface area contributed by atoms with Crippen LogP contribution in [0.2, 0.25) is 0 Å². The molecule has 1 aromatic rings. The van der Waals surface area contributed by atoms with Crippen LogP contribution in [0.15, 0.2) is 24.3 Å². The molecule has 9 nitrogen and oxygen atoms in total. The first kappa shape index (κ1) is 23.8. The van der Waals surface area contributed by atoms with Crippen LogP contribution < -0.4 is 16.4 Å². The third-order valence-electron chi connectivity index (χ3n) is 5.27. The molecule has 1 unspecified atom stereocenters. The molecule has 1 fully saturated rings. The highest BCUT2D eigenvalue weighted by Gasteiger charge is 2.38. The summed E-state index contributed by atoms with van der Waals surface area (Å²) in [5.41, 5.74) is 6.96. The minimum atomic E-state index is -0.984. The molecule has 30 heavy (non-hydrogen) atoms. The van der Waals surface area contributed by atoms with Crippen LogP contribution in [-0.2, 0) is 16.1 Å². The van der Waals surface area contributed by atoms with Crippen LogP contribution in [0.4, 0.5) is 0 Å². The standard InChI is InChI=1S/C21H33N5O4/c1-13(2)10-16(24-12-18(27)28)21(30)26-9-3-4-17(26)20(29)25-11-14-5-7-15(8-6-14)19(22)23/h5-8,13,16-17,21,24,30H,3-4,9-12H2,1-2H3,(H3,22,23)(H,25,29)(H,27,28)/t16-,17+,21?/m1/s1. The smallest absolute Gasteiger partial charge is 0.317 e. The number of nitrogen functional groups attached to an aromatic ring is 1. The predicted octanol–water partition coefficient (Wildman–Crippen LogP) is 0.459. The van der Waals surface area contributed by atoms with E-state index in [2.05, 4.69) is 10.6 Å². The van der Waals surface area contributed by atoms with Crippen molar-refractivity contribution in [2.45, 2.75) is 58.0 Å². The number of nitrogens with two attached hydrogens (primary N) is 1. The van der Waals surface area contributed by atoms with Crippen LogP contribution in [0, 0.1) is 11.3 Å². The van der Waals surface area contributed by atoms with E-state index >= 15 is 0 Å². The summed E-state index contributed by atoms with van der Waals surface area (Å²) in [5.74, 6) is -0.890. The number of amidine groups is 1. The monoisotopic (exact) mass is 419 g/mol. The van der Waals surface area contributed by atoms with Gasteiger partial charge in [0, 0.05) is 24.7 Å². The highest BCUT2D eigenvalue weighted by Crippen LogP contribution is 2.23. The number of amides is 1. The molecule has 1 saturated heterocycles. The molecule has 0 aliphatic carbocycles. The fourth-order valence-electron chi connectivity index (χ4n) is 3.76. The maximum absolute atomic E-state index is 12.8. The molecule has 0 bridgehead atoms. The number of hydrogen-bond donors (Lipinski definition) is 6. The molecule has 9 heteroatoms. The first-order valence-corrected chi connectivity index (χ1v) is 10.3. The van der Waals surface area contributed by atoms with Gasteiger partial charge in [0.25, 0.3) is 0 Å². The number of hydrogen-bond acceptors (Lipinski definition) is 6. The number of aliphatic hydroxyl groups is 1. The molecule has 1 aromatic carbocycles. The average molecular weight is 420 g/mol. The minimum Gasteiger partial charge on any atom is -0.480 e. The van der Waals surface area contributed by atoms with Gasteiger partial charge >= 0.3 is 5.97 Å². The molecular weight excluding hydrogens is 386 g/mol. The molecule has 1 aliphatic heterocycles. The first-order chi connectivity index (χ1) is 14.2. The molecule has 0 saturated carbocycles. The van der Waals surface area contributed by atoms with Crippen LogP contribution >= 0.6 is 0 Å². The number of nitrogens with one attached hydrogen (secondary N) is 3. The summed E-state index contributed by atoms with van der Waals surface area (Å²) < 4.78 is 0. The van der Waals surface area contributed by atoms with Gasteiger partial charge in [0.2, 0.25) is 5.91 Å². The van der Waals surface area contributed by atoms with Gasteiger partial charge < -0.3 is 26.6 Å². The highest BCUT2D eigenvalue weighted by atomic mass is 16.4. The third kappa shape index (κ3) is 6.79. The summed E-state index contributed by atoms with van der Waals surface area (Å²) in [6.45, 7) is 4.69. The van der Waals surface area contributed by atoms with Gasteiger partial charge in [-0.2, -0.15) is 0 Å². The third-order valence-corrected chi connectivity index (χ3v) is 5.27. The molecule has 2 rings (SSSR count). The van der Waals surface area contributed by atoms with E-state index in [0.29, 0.717) is 31.5 Å². The molecular formula is C21H33N5O4. The molecule has 3 atom stereocenters. The van der Waals surface area contributed by atoms with Gasteiger partial charge in [-0.15, -0.1) is 0 Å². The Morgan fingerprint density at radius 1 is 1.30 bits per heavy atom. The van der Waals surface area contributed by atoms with E-state index in [9.17, 15) is 14.7 Å². The van der Waals surface area contributed by atoms with E-state index in [1.165, 1.54) is 0 Å². The van der Waals surface area contributed by atoms with E-state index in [0.717, 1.165) is 12.0 Å². The van der Waals surface area contributed by atoms with Gasteiger partial charge in [-0.1, -0.05) is 38.1 Å². The summed E-state index contributed by atoms with van der Waals surface area (Å²) in [6.07, 6.45) is 1.08. The van der Waals surface area contributed by atoms with Crippen molar-refractivity contribution >= 4 is 17.7 Å². The number of carbonyl (C=O) groups excluding carboxylic acids is 1. The maximum atomic E-state index is 12.8. The molecule has 7 N–H and O–H groups in total. The molecule has 1 amide bonds. The Bertz CT molecular complexity index is 737. The number of aliphatic hydroxyl groups excluding tert-OH is 1. The zero-order valence-electron chi connectivity index (χ0n) is 17.6. The molecule has 1 heterocycles. The zero-order chi connectivity index (χ0) is 22.3. The second-order valence-electron chi connectivity index (χ2n) is 8.15. The fraction of sp³-hybridized carbons (Fsp3) is 0.571.